The van der Waals surface area contributed by atoms with Crippen LogP contribution >= 0.6 is 11.6 Å². The van der Waals surface area contributed by atoms with Crippen LogP contribution < -0.4 is 15.4 Å². The quantitative estimate of drug-likeness (QED) is 0.384. The van der Waals surface area contributed by atoms with Gasteiger partial charge in [-0.05, 0) is 67.4 Å². The van der Waals surface area contributed by atoms with Crippen molar-refractivity contribution in [2.45, 2.75) is 31.3 Å². The van der Waals surface area contributed by atoms with Crippen molar-refractivity contribution in [3.05, 3.63) is 64.3 Å². The second-order valence-electron chi connectivity index (χ2n) is 9.72. The van der Waals surface area contributed by atoms with Gasteiger partial charge in [-0.25, -0.2) is 0 Å². The second-order valence-corrected chi connectivity index (χ2v) is 10.2. The van der Waals surface area contributed by atoms with Crippen molar-refractivity contribution in [2.24, 2.45) is 10.9 Å². The summed E-state index contributed by atoms with van der Waals surface area (Å²) in [6.45, 7) is 4.82. The van der Waals surface area contributed by atoms with E-state index in [1.54, 1.807) is 30.2 Å². The molecule has 1 saturated heterocycles. The molecule has 5 rings (SSSR count). The highest BCUT2D eigenvalue weighted by molar-refractivity contribution is 6.30. The van der Waals surface area contributed by atoms with Crippen molar-refractivity contribution >= 4 is 46.9 Å². The Kier molecular flexibility index (Phi) is 7.37. The predicted molar refractivity (Wildman–Crippen MR) is 146 cm³/mol. The molecule has 0 radical (unpaired) electrons. The largest absolute Gasteiger partial charge is 0.496 e. The molecule has 3 amide bonds. The molecular weight excluding hydrogens is 506 g/mol. The minimum Gasteiger partial charge on any atom is -0.496 e. The number of aromatic nitrogens is 1. The summed E-state index contributed by atoms with van der Waals surface area (Å²) in [7, 11) is 1.58. The normalized spacial score (nSPS) is 19.5. The average molecular weight is 536 g/mol. The van der Waals surface area contributed by atoms with Gasteiger partial charge in [0.15, 0.2) is 0 Å². The molecule has 1 fully saturated rings. The summed E-state index contributed by atoms with van der Waals surface area (Å²) in [5.74, 6) is -0.183. The lowest BCUT2D eigenvalue weighted by Crippen LogP contribution is -2.50. The summed E-state index contributed by atoms with van der Waals surface area (Å²) in [5.41, 5.74) is 2.79. The molecule has 0 aliphatic carbocycles. The molecule has 3 N–H and O–H groups in total. The highest BCUT2D eigenvalue weighted by Gasteiger charge is 2.38. The van der Waals surface area contributed by atoms with Gasteiger partial charge in [-0.3, -0.25) is 19.4 Å². The Morgan fingerprint density at radius 2 is 2.13 bits per heavy atom. The molecule has 38 heavy (non-hydrogen) atoms. The van der Waals surface area contributed by atoms with Gasteiger partial charge in [0.2, 0.25) is 11.8 Å². The summed E-state index contributed by atoms with van der Waals surface area (Å²) < 4.78 is 5.45. The fraction of sp³-hybridized carbons (Fsp3) is 0.357. The van der Waals surface area contributed by atoms with Crippen molar-refractivity contribution in [2.75, 3.05) is 26.7 Å². The third-order valence-corrected chi connectivity index (χ3v) is 7.58. The van der Waals surface area contributed by atoms with Gasteiger partial charge in [0.25, 0.3) is 5.91 Å². The molecule has 3 atom stereocenters. The third-order valence-electron chi connectivity index (χ3n) is 7.34. The number of aliphatic imine (C=N–C) groups is 1. The number of nitrogens with one attached hydrogen (secondary N) is 3. The predicted octanol–water partition coefficient (Wildman–Crippen LogP) is 3.28. The third kappa shape index (κ3) is 4.98. The Morgan fingerprint density at radius 3 is 2.87 bits per heavy atom. The molecule has 3 aromatic rings. The zero-order chi connectivity index (χ0) is 26.8. The fourth-order valence-electron chi connectivity index (χ4n) is 5.50. The molecule has 10 heteroatoms. The molecule has 2 aromatic carbocycles. The first-order chi connectivity index (χ1) is 18.4. The maximum atomic E-state index is 13.9. The van der Waals surface area contributed by atoms with Crippen LogP contribution in [0.25, 0.3) is 10.9 Å². The van der Waals surface area contributed by atoms with E-state index < -0.39 is 6.04 Å². The zero-order valence-corrected chi connectivity index (χ0v) is 21.9. The molecule has 198 valence electrons. The van der Waals surface area contributed by atoms with E-state index in [-0.39, 0.29) is 36.2 Å². The number of hydrogen-bond donors (Lipinski definition) is 3. The maximum Gasteiger partial charge on any atom is 0.271 e. The van der Waals surface area contributed by atoms with E-state index in [9.17, 15) is 14.4 Å². The number of carbonyl (C=O) groups excluding carboxylic acids is 3. The SMILES string of the molecule is C=NC[C@H](C[C@@H]1CCNC1=O)NC(=O)C1c2ccc(Cl)cc2CCN1C(=O)c1cc2c(OC)cccc2[nH]1. The minimum atomic E-state index is -0.874. The Balaban J connectivity index is 1.46. The molecule has 2 aliphatic rings. The van der Waals surface area contributed by atoms with Crippen LogP contribution in [0.2, 0.25) is 5.02 Å². The standard InChI is InChI=1S/C28H30ClN5O4/c1-30-15-19(13-17-8-10-31-26(17)35)32-27(36)25-20-7-6-18(29)12-16(20)9-11-34(25)28(37)23-14-21-22(33-23)4-3-5-24(21)38-2/h3-7,12,14,17,19,25,33H,1,8-11,13,15H2,2H3,(H,31,35)(H,32,36)/t17-,19-,25?/m0/s1. The second kappa shape index (κ2) is 10.9. The van der Waals surface area contributed by atoms with E-state index in [4.69, 9.17) is 16.3 Å². The number of aromatic amines is 1. The van der Waals surface area contributed by atoms with Crippen LogP contribution in [0.5, 0.6) is 5.75 Å². The number of nitrogens with zero attached hydrogens (tertiary/aromatic N) is 2. The molecule has 0 saturated carbocycles. The lowest BCUT2D eigenvalue weighted by atomic mass is 9.91. The van der Waals surface area contributed by atoms with Crippen LogP contribution in [0.15, 0.2) is 47.5 Å². The molecule has 1 unspecified atom stereocenters. The zero-order valence-electron chi connectivity index (χ0n) is 21.1. The van der Waals surface area contributed by atoms with Crippen LogP contribution in [0, 0.1) is 5.92 Å². The van der Waals surface area contributed by atoms with Crippen molar-refractivity contribution in [1.29, 1.82) is 0 Å². The van der Waals surface area contributed by atoms with Crippen molar-refractivity contribution in [1.82, 2.24) is 20.5 Å². The number of methoxy groups -OCH3 is 1. The summed E-state index contributed by atoms with van der Waals surface area (Å²) >= 11 is 6.25. The number of ether oxygens (including phenoxy) is 1. The summed E-state index contributed by atoms with van der Waals surface area (Å²) in [5, 5.41) is 7.26. The van der Waals surface area contributed by atoms with E-state index in [1.807, 2.05) is 24.3 Å². The lowest BCUT2D eigenvalue weighted by molar-refractivity contribution is -0.128. The molecular formula is C28H30ClN5O4. The number of H-pyrrole nitrogens is 1. The molecule has 0 spiro atoms. The van der Waals surface area contributed by atoms with E-state index in [0.717, 1.165) is 22.0 Å². The van der Waals surface area contributed by atoms with Gasteiger partial charge < -0.3 is 25.3 Å². The maximum absolute atomic E-state index is 13.9. The Hall–Kier alpha value is -3.85. The van der Waals surface area contributed by atoms with E-state index in [1.165, 1.54) is 0 Å². The molecule has 2 aliphatic heterocycles. The van der Waals surface area contributed by atoms with E-state index in [2.05, 4.69) is 27.3 Å². The summed E-state index contributed by atoms with van der Waals surface area (Å²) in [6.07, 6.45) is 1.73. The topological polar surface area (TPSA) is 116 Å². The Bertz CT molecular complexity index is 1400. The number of benzene rings is 2. The van der Waals surface area contributed by atoms with Gasteiger partial charge >= 0.3 is 0 Å². The summed E-state index contributed by atoms with van der Waals surface area (Å²) in [4.78, 5) is 48.7. The number of carbonyl (C=O) groups is 3. The van der Waals surface area contributed by atoms with Gasteiger partial charge in [-0.1, -0.05) is 23.7 Å². The number of rotatable bonds is 8. The summed E-state index contributed by atoms with van der Waals surface area (Å²) in [6, 6.07) is 11.4. The molecule has 0 bridgehead atoms. The first-order valence-electron chi connectivity index (χ1n) is 12.6. The molecule has 1 aromatic heterocycles. The van der Waals surface area contributed by atoms with Crippen LogP contribution in [-0.2, 0) is 16.0 Å². The monoisotopic (exact) mass is 535 g/mol. The van der Waals surface area contributed by atoms with Crippen LogP contribution in [-0.4, -0.2) is 67.1 Å². The van der Waals surface area contributed by atoms with Crippen molar-refractivity contribution < 1.29 is 19.1 Å². The van der Waals surface area contributed by atoms with E-state index in [0.29, 0.717) is 48.8 Å². The number of halogens is 1. The highest BCUT2D eigenvalue weighted by Crippen LogP contribution is 2.34. The van der Waals surface area contributed by atoms with Gasteiger partial charge in [-0.2, -0.15) is 0 Å². The van der Waals surface area contributed by atoms with Gasteiger partial charge in [0, 0.05) is 41.0 Å². The molecule has 9 nitrogen and oxygen atoms in total. The highest BCUT2D eigenvalue weighted by atomic mass is 35.5. The lowest BCUT2D eigenvalue weighted by Gasteiger charge is -2.37. The van der Waals surface area contributed by atoms with Crippen molar-refractivity contribution in [3.8, 4) is 5.75 Å². The fourth-order valence-corrected chi connectivity index (χ4v) is 5.70. The van der Waals surface area contributed by atoms with E-state index >= 15 is 0 Å². The molecule has 3 heterocycles. The van der Waals surface area contributed by atoms with Gasteiger partial charge in [0.05, 0.1) is 13.7 Å². The van der Waals surface area contributed by atoms with Crippen LogP contribution in [0.4, 0.5) is 0 Å². The smallest absolute Gasteiger partial charge is 0.271 e. The van der Waals surface area contributed by atoms with Crippen LogP contribution in [0.3, 0.4) is 0 Å². The average Bonchev–Trinajstić information content (AvgIpc) is 3.53. The van der Waals surface area contributed by atoms with Gasteiger partial charge in [-0.15, -0.1) is 0 Å². The number of hydrogen-bond acceptors (Lipinski definition) is 5. The van der Waals surface area contributed by atoms with Crippen molar-refractivity contribution in [3.63, 3.8) is 0 Å². The Morgan fingerprint density at radius 1 is 1.29 bits per heavy atom. The number of fused-ring (bicyclic) bond motifs is 2. The Labute approximate surface area is 225 Å². The van der Waals surface area contributed by atoms with Crippen LogP contribution in [0.1, 0.15) is 40.5 Å². The first kappa shape index (κ1) is 25.8. The number of amides is 3. The minimum absolute atomic E-state index is 0.0167. The van der Waals surface area contributed by atoms with Gasteiger partial charge in [0.1, 0.15) is 17.5 Å². The first-order valence-corrected chi connectivity index (χ1v) is 13.0.